The zero-order valence-corrected chi connectivity index (χ0v) is 24.1. The molecule has 0 atom stereocenters. The molecule has 0 unspecified atom stereocenters. The predicted octanol–water partition coefficient (Wildman–Crippen LogP) is 10.7. The van der Waals surface area contributed by atoms with Crippen molar-refractivity contribution in [3.63, 3.8) is 0 Å². The molecule has 204 valence electrons. The predicted molar refractivity (Wildman–Crippen MR) is 182 cm³/mol. The van der Waals surface area contributed by atoms with Gasteiger partial charge in [0.1, 0.15) is 0 Å². The van der Waals surface area contributed by atoms with E-state index in [1.807, 2.05) is 0 Å². The Labute approximate surface area is 252 Å². The van der Waals surface area contributed by atoms with Crippen molar-refractivity contribution < 1.29 is 0 Å². The first-order valence-corrected chi connectivity index (χ1v) is 15.4. The molecular weight excluding hydrogens is 518 g/mol. The lowest BCUT2D eigenvalue weighted by Gasteiger charge is -2.21. The highest BCUT2D eigenvalue weighted by molar-refractivity contribution is 6.01. The van der Waals surface area contributed by atoms with E-state index in [0.717, 1.165) is 25.7 Å². The molecule has 1 nitrogen and oxygen atoms in total. The Morgan fingerprint density at radius 3 is 2.12 bits per heavy atom. The van der Waals surface area contributed by atoms with E-state index >= 15 is 0 Å². The Balaban J connectivity index is 1.08. The van der Waals surface area contributed by atoms with E-state index in [2.05, 4.69) is 144 Å². The van der Waals surface area contributed by atoms with Crippen molar-refractivity contribution in [3.05, 3.63) is 161 Å². The van der Waals surface area contributed by atoms with E-state index < -0.39 is 0 Å². The summed E-state index contributed by atoms with van der Waals surface area (Å²) in [5.74, 6) is 0. The SMILES string of the molecule is C1=C(c2ccc3ccccc3c2)CCc2cc(-c3ccc4c(c3)CCc3c-4c4ccccc4n3-c3ccccc3)ccc21. The van der Waals surface area contributed by atoms with Gasteiger partial charge in [-0.05, 0) is 105 Å². The Hall–Kier alpha value is -5.14. The first-order chi connectivity index (χ1) is 21.3. The van der Waals surface area contributed by atoms with Gasteiger partial charge in [0.2, 0.25) is 0 Å². The average molecular weight is 550 g/mol. The third-order valence-corrected chi connectivity index (χ3v) is 9.58. The second-order valence-corrected chi connectivity index (χ2v) is 12.0. The highest BCUT2D eigenvalue weighted by Gasteiger charge is 2.25. The van der Waals surface area contributed by atoms with Crippen LogP contribution >= 0.6 is 0 Å². The van der Waals surface area contributed by atoms with E-state index in [1.54, 1.807) is 0 Å². The smallest absolute Gasteiger partial charge is 0.0537 e. The number of fused-ring (bicyclic) bond motifs is 7. The van der Waals surface area contributed by atoms with E-state index in [4.69, 9.17) is 0 Å². The average Bonchev–Trinajstić information content (AvgIpc) is 3.42. The quantitative estimate of drug-likeness (QED) is 0.207. The Kier molecular flexibility index (Phi) is 5.52. The summed E-state index contributed by atoms with van der Waals surface area (Å²) in [6, 6.07) is 49.5. The zero-order valence-electron chi connectivity index (χ0n) is 24.1. The highest BCUT2D eigenvalue weighted by Crippen LogP contribution is 2.43. The fourth-order valence-electron chi connectivity index (χ4n) is 7.47. The van der Waals surface area contributed by atoms with Gasteiger partial charge in [-0.2, -0.15) is 0 Å². The number of rotatable bonds is 3. The molecule has 43 heavy (non-hydrogen) atoms. The lowest BCUT2D eigenvalue weighted by molar-refractivity contribution is 0.866. The molecule has 1 heterocycles. The van der Waals surface area contributed by atoms with Gasteiger partial charge in [0, 0.05) is 22.3 Å². The third kappa shape index (κ3) is 4.00. The number of hydrogen-bond acceptors (Lipinski definition) is 0. The summed E-state index contributed by atoms with van der Waals surface area (Å²) >= 11 is 0. The number of aromatic nitrogens is 1. The van der Waals surface area contributed by atoms with Gasteiger partial charge in [0.25, 0.3) is 0 Å². The minimum absolute atomic E-state index is 1.04. The van der Waals surface area contributed by atoms with Crippen LogP contribution in [0.3, 0.4) is 0 Å². The summed E-state index contributed by atoms with van der Waals surface area (Å²) < 4.78 is 2.48. The Morgan fingerprint density at radius 1 is 0.488 bits per heavy atom. The van der Waals surface area contributed by atoms with Crippen LogP contribution in [0.1, 0.15) is 34.4 Å². The van der Waals surface area contributed by atoms with Crippen LogP contribution in [-0.2, 0) is 19.3 Å². The molecular formula is C42H31N. The van der Waals surface area contributed by atoms with Crippen molar-refractivity contribution in [3.8, 4) is 27.9 Å². The molecule has 1 heteroatoms. The minimum Gasteiger partial charge on any atom is -0.313 e. The van der Waals surface area contributed by atoms with Crippen LogP contribution in [0.25, 0.3) is 61.3 Å². The first-order valence-electron chi connectivity index (χ1n) is 15.4. The van der Waals surface area contributed by atoms with Crippen molar-refractivity contribution in [2.75, 3.05) is 0 Å². The van der Waals surface area contributed by atoms with Gasteiger partial charge in [-0.15, -0.1) is 0 Å². The van der Waals surface area contributed by atoms with Crippen LogP contribution in [-0.4, -0.2) is 4.57 Å². The normalized spacial score (nSPS) is 13.8. The number of para-hydroxylation sites is 2. The zero-order chi connectivity index (χ0) is 28.3. The summed E-state index contributed by atoms with van der Waals surface area (Å²) in [4.78, 5) is 0. The van der Waals surface area contributed by atoms with Crippen LogP contribution in [0, 0.1) is 0 Å². The summed E-state index contributed by atoms with van der Waals surface area (Å²) in [6.45, 7) is 0. The number of aryl methyl sites for hydroxylation is 2. The standard InChI is InChI=1S/C42H31N/c1-2-10-37(11-3-1)43-40-13-7-6-12-39(40)42-38-22-20-35(27-36(38)21-23-41(42)43)34-19-18-32-25-31(16-17-33(32)26-34)30-15-14-28-8-4-5-9-29(28)24-30/h1-15,18-20,22,24-27H,16-17,21,23H2. The highest BCUT2D eigenvalue weighted by atomic mass is 15.0. The van der Waals surface area contributed by atoms with Crippen molar-refractivity contribution in [2.45, 2.75) is 25.7 Å². The summed E-state index contributed by atoms with van der Waals surface area (Å²) in [6.07, 6.45) is 6.66. The van der Waals surface area contributed by atoms with Crippen molar-refractivity contribution in [2.24, 2.45) is 0 Å². The van der Waals surface area contributed by atoms with Gasteiger partial charge in [0.05, 0.1) is 5.52 Å². The summed E-state index contributed by atoms with van der Waals surface area (Å²) in [5.41, 5.74) is 16.4. The summed E-state index contributed by atoms with van der Waals surface area (Å²) in [7, 11) is 0. The largest absolute Gasteiger partial charge is 0.313 e. The van der Waals surface area contributed by atoms with Crippen LogP contribution in [0.5, 0.6) is 0 Å². The molecule has 0 spiro atoms. The molecule has 0 saturated heterocycles. The number of allylic oxidation sites excluding steroid dienone is 1. The Morgan fingerprint density at radius 2 is 1.21 bits per heavy atom. The maximum atomic E-state index is 2.48. The molecule has 1 aromatic heterocycles. The van der Waals surface area contributed by atoms with Gasteiger partial charge >= 0.3 is 0 Å². The van der Waals surface area contributed by atoms with Gasteiger partial charge in [-0.1, -0.05) is 115 Å². The maximum absolute atomic E-state index is 2.48. The second kappa shape index (κ2) is 9.71. The van der Waals surface area contributed by atoms with Crippen LogP contribution in [0.4, 0.5) is 0 Å². The first kappa shape index (κ1) is 24.5. The molecule has 0 amide bonds. The molecule has 0 fully saturated rings. The second-order valence-electron chi connectivity index (χ2n) is 12.0. The van der Waals surface area contributed by atoms with Crippen LogP contribution in [0.15, 0.2) is 133 Å². The van der Waals surface area contributed by atoms with E-state index in [-0.39, 0.29) is 0 Å². The van der Waals surface area contributed by atoms with Crippen LogP contribution < -0.4 is 0 Å². The third-order valence-electron chi connectivity index (χ3n) is 9.58. The van der Waals surface area contributed by atoms with Gasteiger partial charge < -0.3 is 4.57 Å². The molecule has 2 aliphatic rings. The Bertz CT molecular complexity index is 2230. The van der Waals surface area contributed by atoms with Gasteiger partial charge in [-0.3, -0.25) is 0 Å². The topological polar surface area (TPSA) is 4.93 Å². The van der Waals surface area contributed by atoms with Crippen molar-refractivity contribution in [1.82, 2.24) is 4.57 Å². The number of nitrogens with zero attached hydrogens (tertiary/aromatic N) is 1. The maximum Gasteiger partial charge on any atom is 0.0537 e. The molecule has 9 rings (SSSR count). The lowest BCUT2D eigenvalue weighted by Crippen LogP contribution is -2.08. The molecule has 0 saturated carbocycles. The van der Waals surface area contributed by atoms with E-state index in [1.165, 1.54) is 83.1 Å². The molecule has 0 bridgehead atoms. The lowest BCUT2D eigenvalue weighted by atomic mass is 9.84. The van der Waals surface area contributed by atoms with E-state index in [9.17, 15) is 0 Å². The van der Waals surface area contributed by atoms with E-state index in [0.29, 0.717) is 0 Å². The fraction of sp³-hybridized carbons (Fsp3) is 0.0952. The van der Waals surface area contributed by atoms with Crippen molar-refractivity contribution in [1.29, 1.82) is 0 Å². The van der Waals surface area contributed by atoms with Crippen LogP contribution in [0.2, 0.25) is 0 Å². The monoisotopic (exact) mass is 549 g/mol. The molecule has 0 aliphatic heterocycles. The fourth-order valence-corrected chi connectivity index (χ4v) is 7.47. The number of benzene rings is 6. The molecule has 0 N–H and O–H groups in total. The van der Waals surface area contributed by atoms with Gasteiger partial charge in [-0.25, -0.2) is 0 Å². The summed E-state index contributed by atoms with van der Waals surface area (Å²) in [5, 5.41) is 3.96. The van der Waals surface area contributed by atoms with Crippen molar-refractivity contribution >= 4 is 33.3 Å². The molecule has 6 aromatic carbocycles. The minimum atomic E-state index is 1.04. The molecule has 0 radical (unpaired) electrons. The van der Waals surface area contributed by atoms with Gasteiger partial charge in [0.15, 0.2) is 0 Å². The molecule has 2 aliphatic carbocycles. The number of hydrogen-bond donors (Lipinski definition) is 0. The molecule has 7 aromatic rings.